The first-order chi connectivity index (χ1) is 8.20. The van der Waals surface area contributed by atoms with E-state index in [1.807, 2.05) is 6.07 Å². The molecule has 1 saturated carbocycles. The molecule has 1 heterocycles. The Kier molecular flexibility index (Phi) is 4.37. The quantitative estimate of drug-likeness (QED) is 0.899. The van der Waals surface area contributed by atoms with Crippen LogP contribution in [0.3, 0.4) is 0 Å². The van der Waals surface area contributed by atoms with Crippen molar-refractivity contribution in [3.8, 4) is 0 Å². The highest BCUT2D eigenvalue weighted by molar-refractivity contribution is 6.31. The molecule has 0 atom stereocenters. The second-order valence-corrected chi connectivity index (χ2v) is 5.29. The maximum Gasteiger partial charge on any atom is 0.0733 e. The summed E-state index contributed by atoms with van der Waals surface area (Å²) in [7, 11) is 0. The molecule has 0 amide bonds. The van der Waals surface area contributed by atoms with Crippen LogP contribution in [0, 0.1) is 0 Å². The largest absolute Gasteiger partial charge is 0.375 e. The van der Waals surface area contributed by atoms with E-state index in [0.717, 1.165) is 18.4 Å². The van der Waals surface area contributed by atoms with Gasteiger partial charge in [0, 0.05) is 17.9 Å². The fourth-order valence-electron chi connectivity index (χ4n) is 2.29. The van der Waals surface area contributed by atoms with Gasteiger partial charge in [0.25, 0.3) is 0 Å². The van der Waals surface area contributed by atoms with Gasteiger partial charge in [0.1, 0.15) is 0 Å². The summed E-state index contributed by atoms with van der Waals surface area (Å²) < 4.78 is 5.71. The topological polar surface area (TPSA) is 48.1 Å². The number of aromatic nitrogens is 1. The molecule has 94 valence electrons. The zero-order chi connectivity index (χ0) is 12.1. The molecule has 1 aliphatic rings. The molecule has 17 heavy (non-hydrogen) atoms. The number of rotatable bonds is 4. The number of ether oxygens (including phenoxy) is 1. The molecule has 0 spiro atoms. The SMILES string of the molecule is NC1(COCc2ccncc2Cl)CCCCC1. The summed E-state index contributed by atoms with van der Waals surface area (Å²) in [5, 5.41) is 0.655. The lowest BCUT2D eigenvalue weighted by molar-refractivity contribution is 0.0575. The first kappa shape index (κ1) is 12.8. The Labute approximate surface area is 107 Å². The highest BCUT2D eigenvalue weighted by Gasteiger charge is 2.27. The van der Waals surface area contributed by atoms with Crippen molar-refractivity contribution in [2.75, 3.05) is 6.61 Å². The van der Waals surface area contributed by atoms with Gasteiger partial charge in [-0.25, -0.2) is 0 Å². The van der Waals surface area contributed by atoms with Crippen molar-refractivity contribution in [1.82, 2.24) is 4.98 Å². The first-order valence-electron chi connectivity index (χ1n) is 6.15. The molecule has 4 heteroatoms. The second kappa shape index (κ2) is 5.80. The van der Waals surface area contributed by atoms with E-state index in [1.54, 1.807) is 12.4 Å². The molecule has 0 saturated heterocycles. The van der Waals surface area contributed by atoms with E-state index in [1.165, 1.54) is 19.3 Å². The van der Waals surface area contributed by atoms with E-state index in [9.17, 15) is 0 Å². The van der Waals surface area contributed by atoms with Crippen molar-refractivity contribution in [3.63, 3.8) is 0 Å². The van der Waals surface area contributed by atoms with Gasteiger partial charge >= 0.3 is 0 Å². The van der Waals surface area contributed by atoms with E-state index < -0.39 is 0 Å². The van der Waals surface area contributed by atoms with Crippen molar-refractivity contribution >= 4 is 11.6 Å². The van der Waals surface area contributed by atoms with Gasteiger partial charge in [-0.2, -0.15) is 0 Å². The van der Waals surface area contributed by atoms with Gasteiger partial charge in [0.05, 0.1) is 18.2 Å². The van der Waals surface area contributed by atoms with Crippen molar-refractivity contribution in [3.05, 3.63) is 29.0 Å². The Morgan fingerprint density at radius 3 is 2.82 bits per heavy atom. The molecule has 2 rings (SSSR count). The Morgan fingerprint density at radius 2 is 2.12 bits per heavy atom. The molecule has 3 nitrogen and oxygen atoms in total. The number of hydrogen-bond donors (Lipinski definition) is 1. The Hall–Kier alpha value is -0.640. The second-order valence-electron chi connectivity index (χ2n) is 4.88. The summed E-state index contributed by atoms with van der Waals surface area (Å²) in [6.45, 7) is 1.13. The Morgan fingerprint density at radius 1 is 1.35 bits per heavy atom. The number of hydrogen-bond acceptors (Lipinski definition) is 3. The number of nitrogens with two attached hydrogens (primary N) is 1. The van der Waals surface area contributed by atoms with Crippen LogP contribution in [-0.4, -0.2) is 17.1 Å². The molecule has 1 fully saturated rings. The van der Waals surface area contributed by atoms with Gasteiger partial charge in [-0.1, -0.05) is 30.9 Å². The fraction of sp³-hybridized carbons (Fsp3) is 0.615. The van der Waals surface area contributed by atoms with E-state index in [0.29, 0.717) is 18.2 Å². The van der Waals surface area contributed by atoms with Crippen LogP contribution in [0.2, 0.25) is 5.02 Å². The number of nitrogens with zero attached hydrogens (tertiary/aromatic N) is 1. The zero-order valence-electron chi connectivity index (χ0n) is 9.99. The molecule has 0 aliphatic heterocycles. The maximum atomic E-state index is 6.29. The number of pyridine rings is 1. The van der Waals surface area contributed by atoms with Gasteiger partial charge in [0.15, 0.2) is 0 Å². The maximum absolute atomic E-state index is 6.29. The van der Waals surface area contributed by atoms with E-state index in [-0.39, 0.29) is 5.54 Å². The predicted molar refractivity (Wildman–Crippen MR) is 68.9 cm³/mol. The molecule has 1 aromatic rings. The minimum absolute atomic E-state index is 0.127. The summed E-state index contributed by atoms with van der Waals surface area (Å²) in [6.07, 6.45) is 9.23. The molecule has 2 N–H and O–H groups in total. The first-order valence-corrected chi connectivity index (χ1v) is 6.52. The Bertz CT molecular complexity index is 364. The summed E-state index contributed by atoms with van der Waals surface area (Å²) in [4.78, 5) is 3.94. The lowest BCUT2D eigenvalue weighted by Crippen LogP contribution is -2.46. The number of halogens is 1. The average molecular weight is 255 g/mol. The van der Waals surface area contributed by atoms with Crippen LogP contribution in [0.4, 0.5) is 0 Å². The van der Waals surface area contributed by atoms with Crippen LogP contribution < -0.4 is 5.73 Å². The van der Waals surface area contributed by atoms with E-state index in [2.05, 4.69) is 4.98 Å². The van der Waals surface area contributed by atoms with Gasteiger partial charge in [-0.3, -0.25) is 4.98 Å². The average Bonchev–Trinajstić information content (AvgIpc) is 2.32. The lowest BCUT2D eigenvalue weighted by atomic mass is 9.83. The van der Waals surface area contributed by atoms with Crippen LogP contribution in [0.1, 0.15) is 37.7 Å². The summed E-state index contributed by atoms with van der Waals surface area (Å²) in [5.41, 5.74) is 7.14. The van der Waals surface area contributed by atoms with Crippen LogP contribution in [-0.2, 0) is 11.3 Å². The third-order valence-electron chi connectivity index (χ3n) is 3.35. The summed E-state index contributed by atoms with van der Waals surface area (Å²) in [6, 6.07) is 1.88. The minimum Gasteiger partial charge on any atom is -0.375 e. The van der Waals surface area contributed by atoms with E-state index in [4.69, 9.17) is 22.1 Å². The van der Waals surface area contributed by atoms with Crippen LogP contribution in [0.25, 0.3) is 0 Å². The van der Waals surface area contributed by atoms with Crippen LogP contribution >= 0.6 is 11.6 Å². The smallest absolute Gasteiger partial charge is 0.0733 e. The van der Waals surface area contributed by atoms with Gasteiger partial charge in [-0.15, -0.1) is 0 Å². The Balaban J connectivity index is 1.81. The third-order valence-corrected chi connectivity index (χ3v) is 3.69. The normalized spacial score (nSPS) is 19.2. The molecule has 0 aromatic carbocycles. The van der Waals surface area contributed by atoms with E-state index >= 15 is 0 Å². The van der Waals surface area contributed by atoms with Crippen LogP contribution in [0.15, 0.2) is 18.5 Å². The standard InChI is InChI=1S/C13H19ClN2O/c14-12-8-16-7-4-11(12)9-17-10-13(15)5-2-1-3-6-13/h4,7-8H,1-3,5-6,9-10,15H2. The molecular weight excluding hydrogens is 236 g/mol. The van der Waals surface area contributed by atoms with Crippen molar-refractivity contribution in [1.29, 1.82) is 0 Å². The molecule has 0 bridgehead atoms. The predicted octanol–water partition coefficient (Wildman–Crippen LogP) is 2.91. The molecular formula is C13H19ClN2O. The van der Waals surface area contributed by atoms with Crippen molar-refractivity contribution in [2.24, 2.45) is 5.73 Å². The van der Waals surface area contributed by atoms with Gasteiger partial charge < -0.3 is 10.5 Å². The minimum atomic E-state index is -0.127. The van der Waals surface area contributed by atoms with Gasteiger partial charge in [0.2, 0.25) is 0 Å². The lowest BCUT2D eigenvalue weighted by Gasteiger charge is -2.33. The van der Waals surface area contributed by atoms with Crippen molar-refractivity contribution in [2.45, 2.75) is 44.2 Å². The summed E-state index contributed by atoms with van der Waals surface area (Å²) in [5.74, 6) is 0. The third kappa shape index (κ3) is 3.66. The fourth-order valence-corrected chi connectivity index (χ4v) is 2.46. The molecule has 1 aromatic heterocycles. The molecule has 0 unspecified atom stereocenters. The van der Waals surface area contributed by atoms with Crippen molar-refractivity contribution < 1.29 is 4.74 Å². The molecule has 1 aliphatic carbocycles. The van der Waals surface area contributed by atoms with Crippen LogP contribution in [0.5, 0.6) is 0 Å². The monoisotopic (exact) mass is 254 g/mol. The summed E-state index contributed by atoms with van der Waals surface area (Å²) >= 11 is 6.01. The highest BCUT2D eigenvalue weighted by atomic mass is 35.5. The highest BCUT2D eigenvalue weighted by Crippen LogP contribution is 2.26. The van der Waals surface area contributed by atoms with Gasteiger partial charge in [-0.05, 0) is 24.5 Å². The molecule has 0 radical (unpaired) electrons. The zero-order valence-corrected chi connectivity index (χ0v) is 10.7.